The van der Waals surface area contributed by atoms with Gasteiger partial charge in [0.1, 0.15) is 0 Å². The van der Waals surface area contributed by atoms with Crippen molar-refractivity contribution in [2.75, 3.05) is 26.8 Å². The summed E-state index contributed by atoms with van der Waals surface area (Å²) in [5, 5.41) is 0. The van der Waals surface area contributed by atoms with E-state index in [4.69, 9.17) is 4.74 Å². The van der Waals surface area contributed by atoms with Gasteiger partial charge in [0.15, 0.2) is 0 Å². The van der Waals surface area contributed by atoms with E-state index in [9.17, 15) is 14.4 Å². The predicted octanol–water partition coefficient (Wildman–Crippen LogP) is 1.20. The summed E-state index contributed by atoms with van der Waals surface area (Å²) < 4.78 is 5.06. The fourth-order valence-corrected chi connectivity index (χ4v) is 2.54. The van der Waals surface area contributed by atoms with E-state index in [0.717, 1.165) is 5.56 Å². The van der Waals surface area contributed by atoms with Crippen LogP contribution in [0.4, 0.5) is 0 Å². The van der Waals surface area contributed by atoms with E-state index in [-0.39, 0.29) is 43.5 Å². The number of hydrogen-bond acceptors (Lipinski definition) is 4. The fourth-order valence-electron chi connectivity index (χ4n) is 2.54. The molecule has 0 bridgehead atoms. The van der Waals surface area contributed by atoms with Crippen LogP contribution in [-0.4, -0.2) is 54.3 Å². The topological polar surface area (TPSA) is 66.9 Å². The lowest BCUT2D eigenvalue weighted by Gasteiger charge is -2.23. The van der Waals surface area contributed by atoms with E-state index in [1.807, 2.05) is 30.3 Å². The molecule has 0 saturated carbocycles. The zero-order chi connectivity index (χ0) is 16.7. The van der Waals surface area contributed by atoms with Crippen molar-refractivity contribution >= 4 is 17.7 Å². The number of nitrogens with zero attached hydrogens (tertiary/aromatic N) is 2. The molecule has 0 unspecified atom stereocenters. The number of carbonyl (C=O) groups is 3. The van der Waals surface area contributed by atoms with Crippen LogP contribution in [0.25, 0.3) is 0 Å². The summed E-state index contributed by atoms with van der Waals surface area (Å²) in [5.41, 5.74) is 1.03. The molecule has 23 heavy (non-hydrogen) atoms. The van der Waals surface area contributed by atoms with Crippen LogP contribution in [0.2, 0.25) is 0 Å². The number of benzene rings is 1. The van der Waals surface area contributed by atoms with Gasteiger partial charge in [-0.2, -0.15) is 0 Å². The number of carbonyl (C=O) groups excluding carboxylic acids is 3. The van der Waals surface area contributed by atoms with Crippen LogP contribution in [0.1, 0.15) is 24.8 Å². The Bertz CT molecular complexity index is 543. The monoisotopic (exact) mass is 318 g/mol. The molecule has 0 atom stereocenters. The lowest BCUT2D eigenvalue weighted by molar-refractivity contribution is -0.139. The molecule has 1 saturated heterocycles. The second-order valence-corrected chi connectivity index (χ2v) is 5.48. The maximum Gasteiger partial charge on any atom is 0.229 e. The summed E-state index contributed by atoms with van der Waals surface area (Å²) >= 11 is 0. The van der Waals surface area contributed by atoms with Gasteiger partial charge in [-0.25, -0.2) is 0 Å². The van der Waals surface area contributed by atoms with Crippen LogP contribution in [0.15, 0.2) is 30.3 Å². The van der Waals surface area contributed by atoms with Gasteiger partial charge in [-0.1, -0.05) is 30.3 Å². The summed E-state index contributed by atoms with van der Waals surface area (Å²) in [6.45, 7) is 1.58. The van der Waals surface area contributed by atoms with Gasteiger partial charge in [0.05, 0.1) is 6.61 Å². The molecule has 1 aromatic rings. The molecule has 2 rings (SSSR count). The van der Waals surface area contributed by atoms with Crippen LogP contribution in [0.3, 0.4) is 0 Å². The Balaban J connectivity index is 1.93. The Morgan fingerprint density at radius 1 is 1.17 bits per heavy atom. The van der Waals surface area contributed by atoms with Crippen LogP contribution in [-0.2, 0) is 25.7 Å². The van der Waals surface area contributed by atoms with Gasteiger partial charge in [-0.3, -0.25) is 19.3 Å². The van der Waals surface area contributed by atoms with E-state index in [1.165, 1.54) is 4.90 Å². The first-order valence-electron chi connectivity index (χ1n) is 7.75. The highest BCUT2D eigenvalue weighted by Gasteiger charge is 2.29. The summed E-state index contributed by atoms with van der Waals surface area (Å²) in [4.78, 5) is 38.5. The van der Waals surface area contributed by atoms with Crippen LogP contribution < -0.4 is 0 Å². The number of methoxy groups -OCH3 is 1. The standard InChI is InChI=1S/C17H22N2O4/c1-23-12-11-18(13-14-5-3-2-4-6-14)15(20)9-10-19-16(21)7-8-17(19)22/h2-6H,7-13H2,1H3. The summed E-state index contributed by atoms with van der Waals surface area (Å²) in [6, 6.07) is 9.70. The van der Waals surface area contributed by atoms with Crippen LogP contribution in [0.5, 0.6) is 0 Å². The van der Waals surface area contributed by atoms with Gasteiger partial charge in [0, 0.05) is 46.0 Å². The lowest BCUT2D eigenvalue weighted by Crippen LogP contribution is -2.37. The van der Waals surface area contributed by atoms with E-state index in [1.54, 1.807) is 12.0 Å². The van der Waals surface area contributed by atoms with Crippen molar-refractivity contribution in [3.05, 3.63) is 35.9 Å². The van der Waals surface area contributed by atoms with Gasteiger partial charge >= 0.3 is 0 Å². The molecule has 6 heteroatoms. The van der Waals surface area contributed by atoms with Gasteiger partial charge in [-0.15, -0.1) is 0 Å². The predicted molar refractivity (Wildman–Crippen MR) is 84.3 cm³/mol. The van der Waals surface area contributed by atoms with E-state index < -0.39 is 0 Å². The maximum atomic E-state index is 12.4. The Kier molecular flexibility index (Phi) is 6.29. The quantitative estimate of drug-likeness (QED) is 0.676. The molecule has 1 heterocycles. The highest BCUT2D eigenvalue weighted by atomic mass is 16.5. The summed E-state index contributed by atoms with van der Waals surface area (Å²) in [5.74, 6) is -0.456. The van der Waals surface area contributed by atoms with Gasteiger partial charge < -0.3 is 9.64 Å². The van der Waals surface area contributed by atoms with Crippen molar-refractivity contribution in [1.82, 2.24) is 9.80 Å². The number of imide groups is 1. The maximum absolute atomic E-state index is 12.4. The molecule has 1 aliphatic rings. The van der Waals surface area contributed by atoms with Crippen molar-refractivity contribution in [1.29, 1.82) is 0 Å². The Labute approximate surface area is 136 Å². The normalized spacial score (nSPS) is 14.4. The average molecular weight is 318 g/mol. The van der Waals surface area contributed by atoms with Crippen molar-refractivity contribution in [2.45, 2.75) is 25.8 Å². The molecule has 124 valence electrons. The average Bonchev–Trinajstić information content (AvgIpc) is 2.88. The molecular weight excluding hydrogens is 296 g/mol. The Hall–Kier alpha value is -2.21. The molecule has 0 radical (unpaired) electrons. The fraction of sp³-hybridized carbons (Fsp3) is 0.471. The number of amides is 3. The highest BCUT2D eigenvalue weighted by Crippen LogP contribution is 2.13. The SMILES string of the molecule is COCCN(Cc1ccccc1)C(=O)CCN1C(=O)CCC1=O. The van der Waals surface area contributed by atoms with Crippen molar-refractivity contribution < 1.29 is 19.1 Å². The molecule has 6 nitrogen and oxygen atoms in total. The largest absolute Gasteiger partial charge is 0.383 e. The van der Waals surface area contributed by atoms with Gasteiger partial charge in [0.25, 0.3) is 0 Å². The lowest BCUT2D eigenvalue weighted by atomic mass is 10.2. The zero-order valence-electron chi connectivity index (χ0n) is 13.4. The van der Waals surface area contributed by atoms with Gasteiger partial charge in [0.2, 0.25) is 17.7 Å². The first-order valence-corrected chi connectivity index (χ1v) is 7.75. The first kappa shape index (κ1) is 17.1. The Morgan fingerprint density at radius 3 is 2.43 bits per heavy atom. The molecule has 0 aliphatic carbocycles. The third-order valence-electron chi connectivity index (χ3n) is 3.84. The van der Waals surface area contributed by atoms with E-state index >= 15 is 0 Å². The molecule has 0 aromatic heterocycles. The number of rotatable bonds is 8. The molecule has 0 spiro atoms. The van der Waals surface area contributed by atoms with Crippen LogP contribution >= 0.6 is 0 Å². The molecule has 1 fully saturated rings. The number of ether oxygens (including phenoxy) is 1. The minimum Gasteiger partial charge on any atom is -0.383 e. The molecule has 1 aliphatic heterocycles. The van der Waals surface area contributed by atoms with Crippen molar-refractivity contribution in [2.24, 2.45) is 0 Å². The summed E-state index contributed by atoms with van der Waals surface area (Å²) in [6.07, 6.45) is 0.656. The third-order valence-corrected chi connectivity index (χ3v) is 3.84. The molecule has 0 N–H and O–H groups in total. The van der Waals surface area contributed by atoms with Crippen molar-refractivity contribution in [3.8, 4) is 0 Å². The number of hydrogen-bond donors (Lipinski definition) is 0. The van der Waals surface area contributed by atoms with Gasteiger partial charge in [-0.05, 0) is 5.56 Å². The van der Waals surface area contributed by atoms with E-state index in [2.05, 4.69) is 0 Å². The first-order chi connectivity index (χ1) is 11.1. The second-order valence-electron chi connectivity index (χ2n) is 5.48. The minimum absolute atomic E-state index is 0.0848. The molecule has 3 amide bonds. The van der Waals surface area contributed by atoms with E-state index in [0.29, 0.717) is 19.7 Å². The smallest absolute Gasteiger partial charge is 0.229 e. The zero-order valence-corrected chi connectivity index (χ0v) is 13.4. The molecular formula is C17H22N2O4. The second kappa shape index (κ2) is 8.43. The minimum atomic E-state index is -0.186. The van der Waals surface area contributed by atoms with Crippen molar-refractivity contribution in [3.63, 3.8) is 0 Å². The number of likely N-dealkylation sites (tertiary alicyclic amines) is 1. The summed E-state index contributed by atoms with van der Waals surface area (Å²) in [7, 11) is 1.59. The molecule has 1 aromatic carbocycles. The Morgan fingerprint density at radius 2 is 1.83 bits per heavy atom. The van der Waals surface area contributed by atoms with Crippen LogP contribution in [0, 0.1) is 0 Å². The highest BCUT2D eigenvalue weighted by molar-refractivity contribution is 6.02. The third kappa shape index (κ3) is 4.89.